The maximum Gasteiger partial charge on any atom is 0.188 e. The molecule has 2 unspecified atom stereocenters. The largest absolute Gasteiger partial charge is 0.302 e. The summed E-state index contributed by atoms with van der Waals surface area (Å²) >= 11 is -1.31. The predicted molar refractivity (Wildman–Crippen MR) is 78.4 cm³/mol. The quantitative estimate of drug-likeness (QED) is 0.626. The van der Waals surface area contributed by atoms with Gasteiger partial charge in [0.05, 0.1) is 9.79 Å². The van der Waals surface area contributed by atoms with Gasteiger partial charge in [-0.25, -0.2) is 8.42 Å². The van der Waals surface area contributed by atoms with Gasteiger partial charge in [0, 0.05) is 31.3 Å². The summed E-state index contributed by atoms with van der Waals surface area (Å²) < 4.78 is 40.2. The van der Waals surface area contributed by atoms with Crippen LogP contribution in [0.25, 0.3) is 0 Å². The lowest BCUT2D eigenvalue weighted by molar-refractivity contribution is 0.561. The topological polar surface area (TPSA) is 74.6 Å². The van der Waals surface area contributed by atoms with Gasteiger partial charge in [-0.1, -0.05) is 21.6 Å². The fraction of sp³-hybridized carbons (Fsp3) is 0. The fourth-order valence-electron chi connectivity index (χ4n) is 1.01. The first-order chi connectivity index (χ1) is 8.59. The zero-order valence-electron chi connectivity index (χ0n) is 8.47. The van der Waals surface area contributed by atoms with E-state index in [1.165, 1.54) is 44.3 Å². The standard InChI is InChI=1S/C8H6O4S6/c9-17(10)7-3-13-1-5(7)15-16-6-2-14-4-8(6)18(11)12/h1-4H,(H,9,10)(H,11,12). The lowest BCUT2D eigenvalue weighted by Gasteiger charge is -2.00. The Labute approximate surface area is 124 Å². The molecule has 2 atom stereocenters. The summed E-state index contributed by atoms with van der Waals surface area (Å²) in [6.45, 7) is 0. The molecule has 2 aromatic heterocycles. The molecule has 0 aliphatic carbocycles. The van der Waals surface area contributed by atoms with E-state index in [1.807, 2.05) is 0 Å². The van der Waals surface area contributed by atoms with Crippen molar-refractivity contribution in [2.24, 2.45) is 0 Å². The Morgan fingerprint density at radius 1 is 0.833 bits per heavy atom. The zero-order chi connectivity index (χ0) is 13.1. The Morgan fingerprint density at radius 3 is 1.56 bits per heavy atom. The Bertz CT molecular complexity index is 536. The van der Waals surface area contributed by atoms with E-state index in [4.69, 9.17) is 9.11 Å². The summed E-state index contributed by atoms with van der Waals surface area (Å²) in [6, 6.07) is 0. The first kappa shape index (κ1) is 14.7. The van der Waals surface area contributed by atoms with Gasteiger partial charge in [0.15, 0.2) is 22.2 Å². The summed E-state index contributed by atoms with van der Waals surface area (Å²) in [4.78, 5) is 2.15. The molecule has 10 heteroatoms. The SMILES string of the molecule is O=S(O)c1cscc1SSc1cscc1S(=O)O. The van der Waals surface area contributed by atoms with E-state index in [0.717, 1.165) is 0 Å². The molecule has 0 spiro atoms. The van der Waals surface area contributed by atoms with Crippen LogP contribution in [-0.4, -0.2) is 17.5 Å². The highest BCUT2D eigenvalue weighted by Crippen LogP contribution is 2.44. The molecule has 0 aliphatic heterocycles. The monoisotopic (exact) mass is 358 g/mol. The van der Waals surface area contributed by atoms with Crippen LogP contribution in [0.2, 0.25) is 0 Å². The normalized spacial score (nSPS) is 14.6. The second-order valence-electron chi connectivity index (χ2n) is 2.87. The summed E-state index contributed by atoms with van der Waals surface area (Å²) in [5, 5.41) is 6.81. The summed E-state index contributed by atoms with van der Waals surface area (Å²) in [6.07, 6.45) is 0. The van der Waals surface area contributed by atoms with E-state index < -0.39 is 22.2 Å². The Balaban J connectivity index is 2.12. The highest BCUT2D eigenvalue weighted by molar-refractivity contribution is 8.76. The van der Waals surface area contributed by atoms with Gasteiger partial charge in [0.1, 0.15) is 0 Å². The van der Waals surface area contributed by atoms with E-state index in [9.17, 15) is 8.42 Å². The van der Waals surface area contributed by atoms with Gasteiger partial charge in [-0.2, -0.15) is 0 Å². The number of rotatable bonds is 5. The smallest absolute Gasteiger partial charge is 0.188 e. The minimum Gasteiger partial charge on any atom is -0.302 e. The van der Waals surface area contributed by atoms with Crippen molar-refractivity contribution in [2.75, 3.05) is 0 Å². The van der Waals surface area contributed by atoms with E-state index in [0.29, 0.717) is 19.6 Å². The third-order valence-electron chi connectivity index (χ3n) is 1.78. The molecule has 4 nitrogen and oxygen atoms in total. The van der Waals surface area contributed by atoms with Crippen molar-refractivity contribution in [3.05, 3.63) is 21.5 Å². The zero-order valence-corrected chi connectivity index (χ0v) is 13.4. The third kappa shape index (κ3) is 3.45. The van der Waals surface area contributed by atoms with Crippen LogP contribution in [0.3, 0.4) is 0 Å². The van der Waals surface area contributed by atoms with Crippen molar-refractivity contribution in [2.45, 2.75) is 19.6 Å². The summed E-state index contributed by atoms with van der Waals surface area (Å²) in [5.41, 5.74) is 0. The van der Waals surface area contributed by atoms with Crippen molar-refractivity contribution < 1.29 is 17.5 Å². The van der Waals surface area contributed by atoms with Gasteiger partial charge in [0.2, 0.25) is 0 Å². The van der Waals surface area contributed by atoms with Crippen LogP contribution < -0.4 is 0 Å². The molecule has 0 fully saturated rings. The van der Waals surface area contributed by atoms with Gasteiger partial charge >= 0.3 is 0 Å². The van der Waals surface area contributed by atoms with E-state index in [1.54, 1.807) is 21.5 Å². The molecule has 0 amide bonds. The molecule has 98 valence electrons. The highest BCUT2D eigenvalue weighted by atomic mass is 33.1. The van der Waals surface area contributed by atoms with Gasteiger partial charge in [-0.15, -0.1) is 22.7 Å². The molecule has 0 saturated carbocycles. The number of hydrogen-bond donors (Lipinski definition) is 2. The van der Waals surface area contributed by atoms with Crippen molar-refractivity contribution in [3.63, 3.8) is 0 Å². The van der Waals surface area contributed by atoms with Crippen molar-refractivity contribution >= 4 is 66.4 Å². The average Bonchev–Trinajstić information content (AvgIpc) is 2.94. The lowest BCUT2D eigenvalue weighted by Crippen LogP contribution is -1.87. The van der Waals surface area contributed by atoms with Gasteiger partial charge in [0.25, 0.3) is 0 Å². The van der Waals surface area contributed by atoms with Crippen LogP contribution >= 0.6 is 44.3 Å². The highest BCUT2D eigenvalue weighted by Gasteiger charge is 2.14. The molecule has 18 heavy (non-hydrogen) atoms. The van der Waals surface area contributed by atoms with E-state index in [2.05, 4.69) is 0 Å². The molecular weight excluding hydrogens is 352 g/mol. The molecule has 2 aromatic rings. The second kappa shape index (κ2) is 6.66. The third-order valence-corrected chi connectivity index (χ3v) is 8.00. The summed E-state index contributed by atoms with van der Waals surface area (Å²) in [7, 11) is 2.61. The van der Waals surface area contributed by atoms with Crippen LogP contribution in [0, 0.1) is 0 Å². The number of hydrogen-bond acceptors (Lipinski definition) is 6. The second-order valence-corrected chi connectivity index (χ2v) is 8.44. The first-order valence-corrected chi connectivity index (χ1v) is 10.5. The van der Waals surface area contributed by atoms with Crippen molar-refractivity contribution in [1.82, 2.24) is 0 Å². The molecule has 2 N–H and O–H groups in total. The van der Waals surface area contributed by atoms with Crippen molar-refractivity contribution in [1.29, 1.82) is 0 Å². The molecule has 0 aliphatic rings. The molecule has 0 aromatic carbocycles. The van der Waals surface area contributed by atoms with Gasteiger partial charge in [-0.3, -0.25) is 0 Å². The molecule has 2 rings (SSSR count). The maximum atomic E-state index is 11.0. The van der Waals surface area contributed by atoms with Crippen molar-refractivity contribution in [3.8, 4) is 0 Å². The van der Waals surface area contributed by atoms with Crippen LogP contribution in [0.5, 0.6) is 0 Å². The first-order valence-electron chi connectivity index (χ1n) is 4.28. The van der Waals surface area contributed by atoms with Crippen LogP contribution in [-0.2, 0) is 22.2 Å². The van der Waals surface area contributed by atoms with Crippen LogP contribution in [0.15, 0.2) is 41.1 Å². The van der Waals surface area contributed by atoms with Gasteiger partial charge in [-0.05, 0) is 0 Å². The Kier molecular flexibility index (Phi) is 5.45. The minimum atomic E-state index is -2.00. The molecule has 0 saturated heterocycles. The average molecular weight is 359 g/mol. The summed E-state index contributed by atoms with van der Waals surface area (Å²) in [5.74, 6) is 0. The Hall–Kier alpha value is 0.320. The Morgan fingerprint density at radius 2 is 1.22 bits per heavy atom. The lowest BCUT2D eigenvalue weighted by atomic mass is 10.7. The molecule has 0 radical (unpaired) electrons. The minimum absolute atomic E-state index is 0.374. The van der Waals surface area contributed by atoms with Crippen LogP contribution in [0.4, 0.5) is 0 Å². The van der Waals surface area contributed by atoms with E-state index in [-0.39, 0.29) is 0 Å². The van der Waals surface area contributed by atoms with E-state index >= 15 is 0 Å². The molecular formula is C8H6O4S6. The van der Waals surface area contributed by atoms with Gasteiger partial charge < -0.3 is 9.11 Å². The maximum absolute atomic E-state index is 11.0. The number of thiophene rings is 2. The predicted octanol–water partition coefficient (Wildman–Crippen LogP) is 3.77. The van der Waals surface area contributed by atoms with Crippen LogP contribution in [0.1, 0.15) is 0 Å². The molecule has 0 bridgehead atoms. The fourth-order valence-corrected chi connectivity index (χ4v) is 7.79. The molecule has 2 heterocycles.